The molecule has 0 aliphatic heterocycles. The maximum Gasteiger partial charge on any atom is 0.254 e. The van der Waals surface area contributed by atoms with Crippen molar-refractivity contribution in [1.82, 2.24) is 24.6 Å². The highest BCUT2D eigenvalue weighted by Gasteiger charge is 2.20. The summed E-state index contributed by atoms with van der Waals surface area (Å²) in [5.74, 6) is 1.55. The van der Waals surface area contributed by atoms with Crippen LogP contribution in [-0.4, -0.2) is 24.6 Å². The predicted octanol–water partition coefficient (Wildman–Crippen LogP) is 1.22. The van der Waals surface area contributed by atoms with Gasteiger partial charge < -0.3 is 10.3 Å². The first kappa shape index (κ1) is 13.0. The van der Waals surface area contributed by atoms with E-state index in [9.17, 15) is 4.79 Å². The molecule has 1 aliphatic carbocycles. The number of anilines is 1. The first-order chi connectivity index (χ1) is 10.7. The Labute approximate surface area is 126 Å². The van der Waals surface area contributed by atoms with Gasteiger partial charge in [0.05, 0.1) is 5.69 Å². The van der Waals surface area contributed by atoms with E-state index in [0.717, 1.165) is 42.0 Å². The van der Waals surface area contributed by atoms with Crippen molar-refractivity contribution in [3.05, 3.63) is 51.3 Å². The lowest BCUT2D eigenvalue weighted by molar-refractivity contribution is 0.896. The van der Waals surface area contributed by atoms with Crippen LogP contribution >= 0.6 is 0 Å². The molecule has 0 saturated heterocycles. The number of aromatic nitrogens is 5. The van der Waals surface area contributed by atoms with E-state index in [4.69, 9.17) is 0 Å². The molecule has 0 radical (unpaired) electrons. The molecule has 0 amide bonds. The predicted molar refractivity (Wildman–Crippen MR) is 81.9 cm³/mol. The van der Waals surface area contributed by atoms with Crippen molar-refractivity contribution >= 4 is 11.6 Å². The smallest absolute Gasteiger partial charge is 0.254 e. The second kappa shape index (κ2) is 4.94. The molecule has 0 saturated carbocycles. The van der Waals surface area contributed by atoms with Crippen molar-refractivity contribution in [3.8, 4) is 0 Å². The van der Waals surface area contributed by atoms with E-state index in [-0.39, 0.29) is 5.56 Å². The molecular formula is C15H16N6O. The fourth-order valence-electron chi connectivity index (χ4n) is 3.05. The molecule has 3 aromatic rings. The highest BCUT2D eigenvalue weighted by Crippen LogP contribution is 2.28. The van der Waals surface area contributed by atoms with Crippen LogP contribution in [0.2, 0.25) is 0 Å². The number of nitrogens with one attached hydrogen (secondary N) is 2. The largest absolute Gasteiger partial charge is 0.366 e. The lowest BCUT2D eigenvalue weighted by atomic mass is 10.2. The van der Waals surface area contributed by atoms with Crippen molar-refractivity contribution in [2.75, 3.05) is 5.32 Å². The summed E-state index contributed by atoms with van der Waals surface area (Å²) in [5, 5.41) is 7.67. The van der Waals surface area contributed by atoms with Crippen LogP contribution in [0.4, 0.5) is 5.82 Å². The molecule has 2 N–H and O–H groups in total. The summed E-state index contributed by atoms with van der Waals surface area (Å²) in [4.78, 5) is 23.1. The van der Waals surface area contributed by atoms with Gasteiger partial charge in [-0.15, -0.1) is 0 Å². The van der Waals surface area contributed by atoms with E-state index in [1.54, 1.807) is 10.6 Å². The van der Waals surface area contributed by atoms with Gasteiger partial charge in [-0.25, -0.2) is 4.98 Å². The lowest BCUT2D eigenvalue weighted by Gasteiger charge is -2.12. The Morgan fingerprint density at radius 2 is 2.27 bits per heavy atom. The molecule has 7 nitrogen and oxygen atoms in total. The summed E-state index contributed by atoms with van der Waals surface area (Å²) >= 11 is 0. The minimum atomic E-state index is -0.0809. The number of hydrogen-bond acceptors (Lipinski definition) is 5. The van der Waals surface area contributed by atoms with E-state index in [1.807, 2.05) is 13.0 Å². The summed E-state index contributed by atoms with van der Waals surface area (Å²) in [5.41, 5.74) is 4.03. The molecule has 0 spiro atoms. The zero-order valence-corrected chi connectivity index (χ0v) is 12.3. The van der Waals surface area contributed by atoms with Crippen LogP contribution in [0.25, 0.3) is 5.78 Å². The van der Waals surface area contributed by atoms with Gasteiger partial charge in [0.25, 0.3) is 5.78 Å². The number of hydrogen-bond donors (Lipinski definition) is 2. The van der Waals surface area contributed by atoms with E-state index < -0.39 is 0 Å². The zero-order chi connectivity index (χ0) is 15.1. The maximum atomic E-state index is 11.6. The van der Waals surface area contributed by atoms with Gasteiger partial charge in [0.1, 0.15) is 12.1 Å². The Hall–Kier alpha value is -2.70. The van der Waals surface area contributed by atoms with E-state index in [0.29, 0.717) is 12.3 Å². The third kappa shape index (κ3) is 2.14. The Kier molecular flexibility index (Phi) is 2.92. The number of pyridine rings is 1. The highest BCUT2D eigenvalue weighted by molar-refractivity contribution is 5.54. The standard InChI is InChI=1S/C15H16N6O/c1-9-5-10(6-13(22)19-9)7-16-14-11-3-2-4-12(11)20-15-17-8-18-21(14)15/h5-6,8,16H,2-4,7H2,1H3,(H,19,22). The first-order valence-corrected chi connectivity index (χ1v) is 7.36. The molecule has 1 aliphatic rings. The Balaban J connectivity index is 1.72. The molecule has 4 rings (SSSR count). The second-order valence-electron chi connectivity index (χ2n) is 5.60. The Bertz CT molecular complexity index is 910. The minimum Gasteiger partial charge on any atom is -0.366 e. The number of H-pyrrole nitrogens is 1. The lowest BCUT2D eigenvalue weighted by Crippen LogP contribution is -2.13. The Morgan fingerprint density at radius 3 is 3.14 bits per heavy atom. The molecule has 3 aromatic heterocycles. The first-order valence-electron chi connectivity index (χ1n) is 7.36. The topological polar surface area (TPSA) is 88.0 Å². The van der Waals surface area contributed by atoms with Crippen LogP contribution in [0.5, 0.6) is 0 Å². The van der Waals surface area contributed by atoms with Gasteiger partial charge in [0.2, 0.25) is 5.56 Å². The maximum absolute atomic E-state index is 11.6. The van der Waals surface area contributed by atoms with Gasteiger partial charge in [0, 0.05) is 23.9 Å². The molecule has 0 aromatic carbocycles. The van der Waals surface area contributed by atoms with Gasteiger partial charge in [-0.05, 0) is 37.8 Å². The number of aromatic amines is 1. The minimum absolute atomic E-state index is 0.0809. The number of fused-ring (bicyclic) bond motifs is 2. The second-order valence-corrected chi connectivity index (χ2v) is 5.60. The van der Waals surface area contributed by atoms with Crippen LogP contribution in [0.3, 0.4) is 0 Å². The summed E-state index contributed by atoms with van der Waals surface area (Å²) < 4.78 is 1.74. The molecule has 0 fully saturated rings. The average molecular weight is 296 g/mol. The van der Waals surface area contributed by atoms with E-state index >= 15 is 0 Å². The van der Waals surface area contributed by atoms with Crippen molar-refractivity contribution in [2.24, 2.45) is 0 Å². The van der Waals surface area contributed by atoms with Crippen LogP contribution in [-0.2, 0) is 19.4 Å². The third-order valence-corrected chi connectivity index (χ3v) is 3.95. The fourth-order valence-corrected chi connectivity index (χ4v) is 3.05. The van der Waals surface area contributed by atoms with E-state index in [1.165, 1.54) is 11.9 Å². The van der Waals surface area contributed by atoms with Gasteiger partial charge in [-0.3, -0.25) is 4.79 Å². The molecule has 112 valence electrons. The molecule has 22 heavy (non-hydrogen) atoms. The number of rotatable bonds is 3. The van der Waals surface area contributed by atoms with Gasteiger partial charge >= 0.3 is 0 Å². The normalized spacial score (nSPS) is 13.5. The fraction of sp³-hybridized carbons (Fsp3) is 0.333. The van der Waals surface area contributed by atoms with Crippen LogP contribution in [0.1, 0.15) is 28.9 Å². The van der Waals surface area contributed by atoms with Crippen LogP contribution in [0, 0.1) is 6.92 Å². The summed E-state index contributed by atoms with van der Waals surface area (Å²) in [7, 11) is 0. The van der Waals surface area contributed by atoms with Gasteiger partial charge in [0.15, 0.2) is 0 Å². The monoisotopic (exact) mass is 296 g/mol. The summed E-state index contributed by atoms with van der Waals surface area (Å²) in [6, 6.07) is 3.58. The SMILES string of the molecule is Cc1cc(CNc2c3c(nc4ncnn24)CCC3)cc(=O)[nH]1. The molecule has 7 heteroatoms. The highest BCUT2D eigenvalue weighted by atomic mass is 16.1. The van der Waals surface area contributed by atoms with Crippen LogP contribution in [0.15, 0.2) is 23.3 Å². The third-order valence-electron chi connectivity index (χ3n) is 3.95. The van der Waals surface area contributed by atoms with Crippen molar-refractivity contribution < 1.29 is 0 Å². The molecule has 0 atom stereocenters. The summed E-state index contributed by atoms with van der Waals surface area (Å²) in [6.07, 6.45) is 4.60. The van der Waals surface area contributed by atoms with Gasteiger partial charge in [-0.1, -0.05) is 0 Å². The molecule has 3 heterocycles. The molecule has 0 bridgehead atoms. The average Bonchev–Trinajstić information content (AvgIpc) is 3.10. The van der Waals surface area contributed by atoms with Crippen molar-refractivity contribution in [2.45, 2.75) is 32.7 Å². The molecule has 0 unspecified atom stereocenters. The van der Waals surface area contributed by atoms with E-state index in [2.05, 4.69) is 25.4 Å². The zero-order valence-electron chi connectivity index (χ0n) is 12.3. The summed E-state index contributed by atoms with van der Waals surface area (Å²) in [6.45, 7) is 2.45. The van der Waals surface area contributed by atoms with Crippen molar-refractivity contribution in [3.63, 3.8) is 0 Å². The van der Waals surface area contributed by atoms with Gasteiger partial charge in [-0.2, -0.15) is 14.6 Å². The number of nitrogens with zero attached hydrogens (tertiary/aromatic N) is 4. The number of aryl methyl sites for hydroxylation is 2. The quantitative estimate of drug-likeness (QED) is 0.759. The molecular weight excluding hydrogens is 280 g/mol. The van der Waals surface area contributed by atoms with Crippen molar-refractivity contribution in [1.29, 1.82) is 0 Å². The van der Waals surface area contributed by atoms with Crippen LogP contribution < -0.4 is 10.9 Å². The Morgan fingerprint density at radius 1 is 1.36 bits per heavy atom.